The van der Waals surface area contributed by atoms with Gasteiger partial charge in [-0.1, -0.05) is 23.7 Å². The number of halogens is 1. The van der Waals surface area contributed by atoms with Gasteiger partial charge in [-0.2, -0.15) is 0 Å². The summed E-state index contributed by atoms with van der Waals surface area (Å²) in [6.07, 6.45) is 2.59. The van der Waals surface area contributed by atoms with Crippen LogP contribution in [0.15, 0.2) is 48.5 Å². The molecule has 104 valence electrons. The van der Waals surface area contributed by atoms with E-state index in [2.05, 4.69) is 29.2 Å². The lowest BCUT2D eigenvalue weighted by molar-refractivity contribution is 0.306. The molecule has 2 aromatic carbocycles. The minimum Gasteiger partial charge on any atom is -0.489 e. The first-order valence-corrected chi connectivity index (χ1v) is 7.41. The summed E-state index contributed by atoms with van der Waals surface area (Å²) in [4.78, 5) is 2.44. The first kappa shape index (κ1) is 13.3. The largest absolute Gasteiger partial charge is 0.489 e. The van der Waals surface area contributed by atoms with Gasteiger partial charge in [-0.05, 0) is 54.8 Å². The van der Waals surface area contributed by atoms with Gasteiger partial charge in [0.05, 0.1) is 0 Å². The van der Waals surface area contributed by atoms with Crippen LogP contribution in [0.2, 0.25) is 5.02 Å². The smallest absolute Gasteiger partial charge is 0.119 e. The fourth-order valence-electron chi connectivity index (χ4n) is 2.52. The van der Waals surface area contributed by atoms with E-state index < -0.39 is 0 Å². The highest BCUT2D eigenvalue weighted by molar-refractivity contribution is 6.30. The molecule has 0 aromatic heterocycles. The quantitative estimate of drug-likeness (QED) is 0.820. The number of ether oxygens (including phenoxy) is 1. The van der Waals surface area contributed by atoms with E-state index in [1.165, 1.54) is 37.2 Å². The van der Waals surface area contributed by atoms with Crippen LogP contribution in [0, 0.1) is 0 Å². The normalized spacial score (nSPS) is 14.6. The molecular weight excluding hydrogens is 270 g/mol. The molecule has 0 bridgehead atoms. The number of hydrogen-bond acceptors (Lipinski definition) is 2. The number of nitrogens with zero attached hydrogens (tertiary/aromatic N) is 1. The summed E-state index contributed by atoms with van der Waals surface area (Å²) in [5.74, 6) is 0.848. The van der Waals surface area contributed by atoms with Crippen LogP contribution in [0.3, 0.4) is 0 Å². The van der Waals surface area contributed by atoms with Crippen LogP contribution >= 0.6 is 11.6 Å². The molecule has 2 aromatic rings. The van der Waals surface area contributed by atoms with Gasteiger partial charge in [-0.3, -0.25) is 0 Å². The molecule has 0 unspecified atom stereocenters. The average molecular weight is 288 g/mol. The Morgan fingerprint density at radius 1 is 1.00 bits per heavy atom. The van der Waals surface area contributed by atoms with Crippen LogP contribution in [0.4, 0.5) is 5.69 Å². The van der Waals surface area contributed by atoms with Gasteiger partial charge in [0.15, 0.2) is 0 Å². The summed E-state index contributed by atoms with van der Waals surface area (Å²) in [5.41, 5.74) is 2.50. The molecule has 0 amide bonds. The summed E-state index contributed by atoms with van der Waals surface area (Å²) >= 11 is 5.86. The van der Waals surface area contributed by atoms with E-state index in [1.54, 1.807) is 0 Å². The summed E-state index contributed by atoms with van der Waals surface area (Å²) in [6, 6.07) is 16.1. The van der Waals surface area contributed by atoms with Crippen LogP contribution in [-0.2, 0) is 6.61 Å². The maximum atomic E-state index is 5.86. The topological polar surface area (TPSA) is 12.5 Å². The molecule has 0 aliphatic carbocycles. The lowest BCUT2D eigenvalue weighted by Gasteiger charge is -2.18. The molecule has 1 aliphatic rings. The second-order valence-corrected chi connectivity index (χ2v) is 5.54. The second-order valence-electron chi connectivity index (χ2n) is 5.11. The molecule has 0 radical (unpaired) electrons. The zero-order valence-electron chi connectivity index (χ0n) is 11.4. The van der Waals surface area contributed by atoms with E-state index in [9.17, 15) is 0 Å². The number of hydrogen-bond donors (Lipinski definition) is 0. The fourth-order valence-corrected chi connectivity index (χ4v) is 2.64. The van der Waals surface area contributed by atoms with Gasteiger partial charge in [0.25, 0.3) is 0 Å². The van der Waals surface area contributed by atoms with Gasteiger partial charge >= 0.3 is 0 Å². The summed E-state index contributed by atoms with van der Waals surface area (Å²) in [5, 5.41) is 0.730. The Kier molecular flexibility index (Phi) is 4.12. The number of anilines is 1. The zero-order chi connectivity index (χ0) is 13.8. The SMILES string of the molecule is Clc1ccc(OCc2cccc(N3CCCC3)c2)cc1. The highest BCUT2D eigenvalue weighted by atomic mass is 35.5. The van der Waals surface area contributed by atoms with E-state index in [-0.39, 0.29) is 0 Å². The highest BCUT2D eigenvalue weighted by Crippen LogP contribution is 2.22. The number of benzene rings is 2. The first-order valence-electron chi connectivity index (χ1n) is 7.03. The van der Waals surface area contributed by atoms with Crippen molar-refractivity contribution in [2.75, 3.05) is 18.0 Å². The lowest BCUT2D eigenvalue weighted by Crippen LogP contribution is -2.17. The molecule has 0 N–H and O–H groups in total. The van der Waals surface area contributed by atoms with Gasteiger partial charge in [0.2, 0.25) is 0 Å². The number of rotatable bonds is 4. The lowest BCUT2D eigenvalue weighted by atomic mass is 10.2. The van der Waals surface area contributed by atoms with Crippen LogP contribution in [-0.4, -0.2) is 13.1 Å². The van der Waals surface area contributed by atoms with Crippen molar-refractivity contribution in [1.29, 1.82) is 0 Å². The van der Waals surface area contributed by atoms with Crippen LogP contribution < -0.4 is 9.64 Å². The van der Waals surface area contributed by atoms with Crippen LogP contribution in [0.1, 0.15) is 18.4 Å². The van der Waals surface area contributed by atoms with Crippen molar-refractivity contribution in [1.82, 2.24) is 0 Å². The Morgan fingerprint density at radius 2 is 1.75 bits per heavy atom. The third-order valence-corrected chi connectivity index (χ3v) is 3.85. The Balaban J connectivity index is 1.65. The molecule has 0 saturated carbocycles. The zero-order valence-corrected chi connectivity index (χ0v) is 12.1. The van der Waals surface area contributed by atoms with E-state index >= 15 is 0 Å². The fraction of sp³-hybridized carbons (Fsp3) is 0.294. The summed E-state index contributed by atoms with van der Waals surface area (Å²) in [7, 11) is 0. The van der Waals surface area contributed by atoms with Crippen LogP contribution in [0.5, 0.6) is 5.75 Å². The Labute approximate surface area is 124 Å². The molecule has 3 heteroatoms. The maximum Gasteiger partial charge on any atom is 0.119 e. The summed E-state index contributed by atoms with van der Waals surface area (Å²) in [6.45, 7) is 2.92. The predicted molar refractivity (Wildman–Crippen MR) is 83.7 cm³/mol. The third kappa shape index (κ3) is 3.26. The van der Waals surface area contributed by atoms with E-state index in [0.717, 1.165) is 10.8 Å². The molecule has 3 rings (SSSR count). The molecule has 1 saturated heterocycles. The van der Waals surface area contributed by atoms with Gasteiger partial charge in [0.1, 0.15) is 12.4 Å². The minimum atomic E-state index is 0.587. The monoisotopic (exact) mass is 287 g/mol. The van der Waals surface area contributed by atoms with Crippen molar-refractivity contribution in [2.24, 2.45) is 0 Å². The van der Waals surface area contributed by atoms with Crippen molar-refractivity contribution in [3.63, 3.8) is 0 Å². The highest BCUT2D eigenvalue weighted by Gasteiger charge is 2.12. The van der Waals surface area contributed by atoms with Gasteiger partial charge < -0.3 is 9.64 Å². The first-order chi connectivity index (χ1) is 9.81. The van der Waals surface area contributed by atoms with Crippen LogP contribution in [0.25, 0.3) is 0 Å². The Morgan fingerprint density at radius 3 is 2.50 bits per heavy atom. The van der Waals surface area contributed by atoms with Crippen molar-refractivity contribution >= 4 is 17.3 Å². The standard InChI is InChI=1S/C17H18ClNO/c18-15-6-8-17(9-7-15)20-13-14-4-3-5-16(12-14)19-10-1-2-11-19/h3-9,12H,1-2,10-11,13H2. The maximum absolute atomic E-state index is 5.86. The van der Waals surface area contributed by atoms with E-state index in [4.69, 9.17) is 16.3 Å². The molecule has 1 fully saturated rings. The van der Waals surface area contributed by atoms with Crippen molar-refractivity contribution in [3.05, 3.63) is 59.1 Å². The molecule has 20 heavy (non-hydrogen) atoms. The van der Waals surface area contributed by atoms with Crippen molar-refractivity contribution in [2.45, 2.75) is 19.4 Å². The molecule has 0 spiro atoms. The molecule has 1 aliphatic heterocycles. The molecule has 0 atom stereocenters. The molecular formula is C17H18ClNO. The Bertz CT molecular complexity index is 561. The van der Waals surface area contributed by atoms with Gasteiger partial charge in [-0.15, -0.1) is 0 Å². The van der Waals surface area contributed by atoms with Crippen molar-refractivity contribution in [3.8, 4) is 5.75 Å². The predicted octanol–water partition coefficient (Wildman–Crippen LogP) is 4.52. The van der Waals surface area contributed by atoms with E-state index in [0.29, 0.717) is 6.61 Å². The van der Waals surface area contributed by atoms with E-state index in [1.807, 2.05) is 24.3 Å². The second kappa shape index (κ2) is 6.19. The Hall–Kier alpha value is -1.67. The summed E-state index contributed by atoms with van der Waals surface area (Å²) < 4.78 is 5.79. The van der Waals surface area contributed by atoms with Gasteiger partial charge in [-0.25, -0.2) is 0 Å². The molecule has 1 heterocycles. The van der Waals surface area contributed by atoms with Gasteiger partial charge in [0, 0.05) is 23.8 Å². The average Bonchev–Trinajstić information content (AvgIpc) is 3.01. The van der Waals surface area contributed by atoms with Crippen molar-refractivity contribution < 1.29 is 4.74 Å². The minimum absolute atomic E-state index is 0.587. The third-order valence-electron chi connectivity index (χ3n) is 3.60. The molecule has 2 nitrogen and oxygen atoms in total.